The Balaban J connectivity index is 4.26. The fraction of sp³-hybridized carbons (Fsp3) is 0.692. The average Bonchev–Trinajstić information content (AvgIpc) is 2.20. The van der Waals surface area contributed by atoms with E-state index in [1.54, 1.807) is 12.2 Å². The van der Waals surface area contributed by atoms with Crippen LogP contribution in [0.5, 0.6) is 0 Å². The van der Waals surface area contributed by atoms with E-state index in [0.29, 0.717) is 0 Å². The number of carbonyl (C=O) groups is 2. The number of carbonyl (C=O) groups excluding carboxylic acids is 2. The van der Waals surface area contributed by atoms with E-state index in [-0.39, 0.29) is 0 Å². The van der Waals surface area contributed by atoms with Gasteiger partial charge in [0.05, 0.1) is 0 Å². The summed E-state index contributed by atoms with van der Waals surface area (Å²) in [5.74, 6) is -0.831. The molecule has 0 aliphatic heterocycles. The molecule has 0 heterocycles. The third-order valence-corrected chi connectivity index (χ3v) is 4.56. The van der Waals surface area contributed by atoms with Crippen LogP contribution in [-0.2, 0) is 18.4 Å². The number of allylic oxidation sites excluding steroid dienone is 1. The molecule has 0 fully saturated rings. The Bertz CT molecular complexity index is 283. The van der Waals surface area contributed by atoms with Crippen molar-refractivity contribution >= 4 is 20.5 Å². The quantitative estimate of drug-likeness (QED) is 0.503. The zero-order valence-electron chi connectivity index (χ0n) is 11.8. The summed E-state index contributed by atoms with van der Waals surface area (Å²) >= 11 is 0. The van der Waals surface area contributed by atoms with Crippen LogP contribution in [-0.4, -0.2) is 20.5 Å². The van der Waals surface area contributed by atoms with E-state index < -0.39 is 20.5 Å². The summed E-state index contributed by atoms with van der Waals surface area (Å²) in [4.78, 5) is 22.0. The lowest BCUT2D eigenvalue weighted by Crippen LogP contribution is -2.40. The van der Waals surface area contributed by atoms with Gasteiger partial charge in [0.15, 0.2) is 0 Å². The molecule has 0 bridgehead atoms. The SMILES string of the molecule is CCCCCCC=C[Si](C)(OC(C)=O)OC(C)=O. The maximum Gasteiger partial charge on any atom is 0.488 e. The Morgan fingerprint density at radius 1 is 1.06 bits per heavy atom. The zero-order valence-corrected chi connectivity index (χ0v) is 12.8. The normalized spacial score (nSPS) is 11.6. The highest BCUT2D eigenvalue weighted by Gasteiger charge is 2.34. The first kappa shape index (κ1) is 16.9. The molecule has 0 saturated carbocycles. The molecule has 0 aliphatic carbocycles. The Labute approximate surface area is 111 Å². The van der Waals surface area contributed by atoms with Crippen LogP contribution in [0.15, 0.2) is 11.8 Å². The first-order chi connectivity index (χ1) is 8.39. The van der Waals surface area contributed by atoms with Gasteiger partial charge in [-0.2, -0.15) is 0 Å². The molecule has 0 aliphatic rings. The van der Waals surface area contributed by atoms with Gasteiger partial charge in [0.1, 0.15) is 0 Å². The van der Waals surface area contributed by atoms with Crippen molar-refractivity contribution in [1.29, 1.82) is 0 Å². The highest BCUT2D eigenvalue weighted by Crippen LogP contribution is 2.12. The van der Waals surface area contributed by atoms with Crippen molar-refractivity contribution in [2.45, 2.75) is 59.4 Å². The van der Waals surface area contributed by atoms with Gasteiger partial charge in [0.2, 0.25) is 0 Å². The summed E-state index contributed by atoms with van der Waals surface area (Å²) in [5.41, 5.74) is 1.77. The second-order valence-electron chi connectivity index (χ2n) is 4.45. The van der Waals surface area contributed by atoms with Crippen LogP contribution in [0.4, 0.5) is 0 Å². The third-order valence-electron chi connectivity index (χ3n) is 2.34. The third kappa shape index (κ3) is 8.98. The summed E-state index contributed by atoms with van der Waals surface area (Å²) in [6.45, 7) is 6.51. The van der Waals surface area contributed by atoms with E-state index >= 15 is 0 Å². The molecule has 0 aromatic rings. The zero-order chi connectivity index (χ0) is 14.0. The standard InChI is InChI=1S/C13H24O4Si/c1-5-6-7-8-9-10-11-18(4,16-12(2)14)17-13(3)15/h10-11H,5-9H2,1-4H3. The molecule has 18 heavy (non-hydrogen) atoms. The maximum atomic E-state index is 11.0. The Morgan fingerprint density at radius 3 is 2.06 bits per heavy atom. The summed E-state index contributed by atoms with van der Waals surface area (Å²) < 4.78 is 10.3. The first-order valence-electron chi connectivity index (χ1n) is 6.46. The van der Waals surface area contributed by atoms with Crippen LogP contribution in [0.2, 0.25) is 6.55 Å². The van der Waals surface area contributed by atoms with Gasteiger partial charge >= 0.3 is 8.56 Å². The minimum absolute atomic E-state index is 0.416. The second kappa shape index (κ2) is 8.91. The van der Waals surface area contributed by atoms with Crippen LogP contribution in [0.25, 0.3) is 0 Å². The number of hydrogen-bond acceptors (Lipinski definition) is 4. The predicted octanol–water partition coefficient (Wildman–Crippen LogP) is 3.25. The fourth-order valence-corrected chi connectivity index (χ4v) is 3.56. The molecule has 0 amide bonds. The van der Waals surface area contributed by atoms with Crippen LogP contribution in [0.3, 0.4) is 0 Å². The minimum atomic E-state index is -2.82. The molecule has 104 valence electrons. The Hall–Kier alpha value is -1.10. The molecule has 0 aromatic heterocycles. The van der Waals surface area contributed by atoms with E-state index in [2.05, 4.69) is 6.92 Å². The summed E-state index contributed by atoms with van der Waals surface area (Å²) in [6, 6.07) is 0. The number of hydrogen-bond donors (Lipinski definition) is 0. The van der Waals surface area contributed by atoms with Crippen molar-refractivity contribution in [2.24, 2.45) is 0 Å². The minimum Gasteiger partial charge on any atom is -0.482 e. The van der Waals surface area contributed by atoms with Crippen molar-refractivity contribution < 1.29 is 18.4 Å². The van der Waals surface area contributed by atoms with Gasteiger partial charge in [0, 0.05) is 20.4 Å². The van der Waals surface area contributed by atoms with E-state index in [9.17, 15) is 9.59 Å². The van der Waals surface area contributed by atoms with E-state index in [1.165, 1.54) is 33.1 Å². The lowest BCUT2D eigenvalue weighted by Gasteiger charge is -2.21. The molecule has 0 saturated heterocycles. The molecule has 0 atom stereocenters. The van der Waals surface area contributed by atoms with E-state index in [4.69, 9.17) is 8.85 Å². The van der Waals surface area contributed by atoms with Gasteiger partial charge < -0.3 is 8.85 Å². The van der Waals surface area contributed by atoms with Gasteiger partial charge in [-0.25, -0.2) is 0 Å². The van der Waals surface area contributed by atoms with Crippen molar-refractivity contribution in [1.82, 2.24) is 0 Å². The topological polar surface area (TPSA) is 52.6 Å². The predicted molar refractivity (Wildman–Crippen MR) is 73.0 cm³/mol. The molecular weight excluding hydrogens is 248 g/mol. The summed E-state index contributed by atoms with van der Waals surface area (Å²) in [5, 5.41) is 0. The Morgan fingerprint density at radius 2 is 1.61 bits per heavy atom. The molecular formula is C13H24O4Si. The molecule has 0 spiro atoms. The summed E-state index contributed by atoms with van der Waals surface area (Å²) in [6.07, 6.45) is 7.61. The fourth-order valence-electron chi connectivity index (χ4n) is 1.65. The second-order valence-corrected chi connectivity index (χ2v) is 7.23. The molecule has 0 radical (unpaired) electrons. The highest BCUT2D eigenvalue weighted by molar-refractivity contribution is 6.74. The maximum absolute atomic E-state index is 11.0. The van der Waals surface area contributed by atoms with Gasteiger partial charge in [-0.05, 0) is 18.5 Å². The van der Waals surface area contributed by atoms with Crippen molar-refractivity contribution in [3.8, 4) is 0 Å². The van der Waals surface area contributed by atoms with Crippen LogP contribution < -0.4 is 0 Å². The number of unbranched alkanes of at least 4 members (excludes halogenated alkanes) is 4. The number of rotatable bonds is 8. The van der Waals surface area contributed by atoms with Crippen LogP contribution in [0.1, 0.15) is 52.9 Å². The van der Waals surface area contributed by atoms with Gasteiger partial charge in [-0.15, -0.1) is 0 Å². The smallest absolute Gasteiger partial charge is 0.482 e. The molecule has 0 rings (SSSR count). The van der Waals surface area contributed by atoms with Crippen molar-refractivity contribution in [3.63, 3.8) is 0 Å². The molecule has 0 aromatic carbocycles. The van der Waals surface area contributed by atoms with Crippen LogP contribution in [0, 0.1) is 0 Å². The Kier molecular flexibility index (Phi) is 8.37. The monoisotopic (exact) mass is 272 g/mol. The van der Waals surface area contributed by atoms with Crippen molar-refractivity contribution in [3.05, 3.63) is 11.8 Å². The van der Waals surface area contributed by atoms with E-state index in [0.717, 1.165) is 12.8 Å². The van der Waals surface area contributed by atoms with E-state index in [1.807, 2.05) is 6.08 Å². The largest absolute Gasteiger partial charge is 0.488 e. The van der Waals surface area contributed by atoms with Gasteiger partial charge in [0.25, 0.3) is 11.9 Å². The average molecular weight is 272 g/mol. The summed E-state index contributed by atoms with van der Waals surface area (Å²) in [7, 11) is -2.82. The van der Waals surface area contributed by atoms with Crippen molar-refractivity contribution in [2.75, 3.05) is 0 Å². The molecule has 0 unspecified atom stereocenters. The van der Waals surface area contributed by atoms with Crippen LogP contribution >= 0.6 is 0 Å². The molecule has 4 nitrogen and oxygen atoms in total. The molecule has 5 heteroatoms. The lowest BCUT2D eigenvalue weighted by molar-refractivity contribution is -0.138. The lowest BCUT2D eigenvalue weighted by atomic mass is 10.2. The first-order valence-corrected chi connectivity index (χ1v) is 8.86. The van der Waals surface area contributed by atoms with Gasteiger partial charge in [-0.1, -0.05) is 32.3 Å². The van der Waals surface area contributed by atoms with Gasteiger partial charge in [-0.3, -0.25) is 9.59 Å². The highest BCUT2D eigenvalue weighted by atomic mass is 28.4. The molecule has 0 N–H and O–H groups in total.